The van der Waals surface area contributed by atoms with E-state index in [2.05, 4.69) is 24.9 Å². The van der Waals surface area contributed by atoms with E-state index in [1.165, 1.54) is 57.6 Å². The molecule has 0 unspecified atom stereocenters. The van der Waals surface area contributed by atoms with Crippen molar-refractivity contribution in [2.45, 2.75) is 67.2 Å². The van der Waals surface area contributed by atoms with Crippen molar-refractivity contribution >= 4 is 55.8 Å². The molecule has 30 heteroatoms. The third-order valence-corrected chi connectivity index (χ3v) is 11.0. The maximum atomic E-state index is 12.3. The SMILES string of the molecule is [2H]C([2H])([2H])n1c(=O)n(C([2H])([2H])C)c(=O)c2c1ncn2C.[2H]C([2H])([2H])n1cnc2c1c(=O)n(C([2H])([2H])C)c(=O)n2C.[2H]C([2H])([2H])n1cnc2c1c(=O)n(CC)c(=O)n2C([2H])([2H])[2H].[2H]c1nc2c(c(=O)n(C([2H])([2H])C)c(=O)n2C)n1C.[2H]c1nc2c(c(=O)n(CC)c(=O)n2C)n1C([2H])([2H])[2H]. The Hall–Kier alpha value is -9.25. The molecule has 0 saturated carbocycles. The van der Waals surface area contributed by atoms with Crippen molar-refractivity contribution in [3.05, 3.63) is 136 Å². The summed E-state index contributed by atoms with van der Waals surface area (Å²) in [6, 6.07) is 0. The number of fused-ring (bicyclic) bond motifs is 5. The van der Waals surface area contributed by atoms with Gasteiger partial charge in [0.1, 0.15) is 2.74 Å². The fourth-order valence-corrected chi connectivity index (χ4v) is 7.20. The van der Waals surface area contributed by atoms with Crippen LogP contribution in [0.5, 0.6) is 0 Å². The molecule has 30 nitrogen and oxygen atoms in total. The van der Waals surface area contributed by atoms with Gasteiger partial charge in [0.25, 0.3) is 27.8 Å². The Kier molecular flexibility index (Phi) is 8.97. The Morgan fingerprint density at radius 1 is 0.360 bits per heavy atom. The number of imidazole rings is 5. The maximum Gasteiger partial charge on any atom is 0.332 e. The topological polar surface area (TPSA) is 309 Å². The zero-order chi connectivity index (χ0) is 75.4. The van der Waals surface area contributed by atoms with Gasteiger partial charge in [-0.3, -0.25) is 69.6 Å². The molecule has 0 spiro atoms. The number of aryl methyl sites for hydroxylation is 10. The van der Waals surface area contributed by atoms with Crippen LogP contribution >= 0.6 is 0 Å². The molecule has 0 N–H and O–H groups in total. The second-order valence-corrected chi connectivity index (χ2v) is 15.2. The molecule has 0 bridgehead atoms. The van der Waals surface area contributed by atoms with Crippen LogP contribution in [0.25, 0.3) is 55.8 Å². The van der Waals surface area contributed by atoms with Gasteiger partial charge in [0, 0.05) is 131 Å². The first-order chi connectivity index (χ1) is 44.3. The minimum atomic E-state index is -2.88. The predicted molar refractivity (Wildman–Crippen MR) is 279 cm³/mol. The van der Waals surface area contributed by atoms with E-state index in [0.29, 0.717) is 36.5 Å². The van der Waals surface area contributed by atoms with Gasteiger partial charge < -0.3 is 22.8 Å². The van der Waals surface area contributed by atoms with E-state index in [4.69, 9.17) is 31.5 Å². The highest BCUT2D eigenvalue weighted by atomic mass is 16.2. The van der Waals surface area contributed by atoms with Crippen LogP contribution < -0.4 is 56.2 Å². The quantitative estimate of drug-likeness (QED) is 0.169. The summed E-state index contributed by atoms with van der Waals surface area (Å²) in [6.45, 7) is -14.3. The van der Waals surface area contributed by atoms with E-state index < -0.39 is 128 Å². The summed E-state index contributed by atoms with van der Waals surface area (Å²) in [5, 5.41) is 0. The van der Waals surface area contributed by atoms with Gasteiger partial charge in [-0.1, -0.05) is 0 Å². The second-order valence-electron chi connectivity index (χ2n) is 15.2. The highest BCUT2D eigenvalue weighted by Gasteiger charge is 2.17. The molecule has 0 fully saturated rings. The second kappa shape index (κ2) is 21.5. The lowest BCUT2D eigenvalue weighted by Gasteiger charge is -2.05. The molecule has 10 rings (SSSR count). The summed E-state index contributed by atoms with van der Waals surface area (Å²) < 4.78 is 182. The maximum absolute atomic E-state index is 12.3. The summed E-state index contributed by atoms with van der Waals surface area (Å²) in [5.41, 5.74) is -11.0. The molecule has 0 amide bonds. The highest BCUT2D eigenvalue weighted by Crippen LogP contribution is 2.06. The molecule has 400 valence electrons. The molecule has 0 aliphatic heterocycles. The Morgan fingerprint density at radius 2 is 0.627 bits per heavy atom. The minimum absolute atomic E-state index is 0.0350. The number of aromatic nitrogens is 20. The molecule has 10 heterocycles. The lowest BCUT2D eigenvalue weighted by atomic mass is 10.5. The Balaban J connectivity index is 0.000000193. The first-order valence-corrected chi connectivity index (χ1v) is 21.3. The number of hydrogen-bond acceptors (Lipinski definition) is 15. The number of rotatable bonds is 5. The van der Waals surface area contributed by atoms with Gasteiger partial charge in [0.15, 0.2) is 55.8 Å². The van der Waals surface area contributed by atoms with Crippen molar-refractivity contribution in [3.8, 4) is 0 Å². The lowest BCUT2D eigenvalue weighted by molar-refractivity contribution is 0.635. The third kappa shape index (κ3) is 9.28. The molecule has 0 aromatic carbocycles. The Labute approximate surface area is 454 Å². The zero-order valence-electron chi connectivity index (χ0n) is 64.2. The summed E-state index contributed by atoms with van der Waals surface area (Å²) in [5.74, 6) is 0. The van der Waals surface area contributed by atoms with Crippen LogP contribution in [0.15, 0.2) is 79.5 Å². The normalized spacial score (nSPS) is 17.1. The fraction of sp³-hybridized carbons (Fsp3) is 0.444. The van der Waals surface area contributed by atoms with Gasteiger partial charge in [-0.05, 0) is 34.6 Å². The van der Waals surface area contributed by atoms with Gasteiger partial charge in [-0.25, -0.2) is 48.9 Å². The molecule has 75 heavy (non-hydrogen) atoms. The standard InChI is InChI=1S/5C9H12N4O2/c5*1-4-13-8(14)6-7(10-5-11(6)2)12(3)9(13)15/h5*5H,4H2,1-3H3/i4D2,5D;3D3,4D2;2D3,5D;2D3,4D2;2D3,3D3. The average Bonchev–Trinajstić information content (AvgIpc) is 1.51. The number of hydrogen-bond donors (Lipinski definition) is 0. The smallest absolute Gasteiger partial charge is 0.328 e. The van der Waals surface area contributed by atoms with E-state index in [-0.39, 0.29) is 68.6 Å². The molecular weight excluding hydrogens is 981 g/mol. The Bertz CT molecular complexity index is 5470. The molecule has 0 radical (unpaired) electrons. The Morgan fingerprint density at radius 3 is 0.987 bits per heavy atom. The van der Waals surface area contributed by atoms with Gasteiger partial charge in [0.05, 0.1) is 31.6 Å². The van der Waals surface area contributed by atoms with E-state index in [9.17, 15) is 47.9 Å². The van der Waals surface area contributed by atoms with Crippen molar-refractivity contribution in [1.82, 2.24) is 93.4 Å². The van der Waals surface area contributed by atoms with Crippen LogP contribution in [-0.2, 0) is 103 Å². The summed E-state index contributed by atoms with van der Waals surface area (Å²) >= 11 is 0. The third-order valence-electron chi connectivity index (χ3n) is 11.0. The van der Waals surface area contributed by atoms with Crippen molar-refractivity contribution in [2.24, 2.45) is 70.1 Å². The van der Waals surface area contributed by atoms with Crippen LogP contribution in [0.3, 0.4) is 0 Å². The number of nitrogens with zero attached hydrogens (tertiary/aromatic N) is 20. The van der Waals surface area contributed by atoms with Gasteiger partial charge in [-0.15, -0.1) is 0 Å². The van der Waals surface area contributed by atoms with E-state index >= 15 is 0 Å². The minimum Gasteiger partial charge on any atom is -0.328 e. The molecule has 0 atom stereocenters. The van der Waals surface area contributed by atoms with E-state index in [1.807, 2.05) is 0 Å². The van der Waals surface area contributed by atoms with Gasteiger partial charge in [0.2, 0.25) is 0 Å². The van der Waals surface area contributed by atoms with Crippen LogP contribution in [0, 0.1) is 0 Å². The molecule has 10 aromatic rings. The van der Waals surface area contributed by atoms with Crippen molar-refractivity contribution in [3.63, 3.8) is 0 Å². The van der Waals surface area contributed by atoms with E-state index in [1.54, 1.807) is 6.92 Å². The van der Waals surface area contributed by atoms with Crippen LogP contribution in [0.4, 0.5) is 0 Å². The molecule has 10 aromatic heterocycles. The van der Waals surface area contributed by atoms with Crippen molar-refractivity contribution < 1.29 is 31.5 Å². The molecule has 0 aliphatic carbocycles. The lowest BCUT2D eigenvalue weighted by Crippen LogP contribution is -2.39. The summed E-state index contributed by atoms with van der Waals surface area (Å²) in [6.07, 6.45) is 2.24. The van der Waals surface area contributed by atoms with E-state index in [0.717, 1.165) is 51.7 Å². The summed E-state index contributed by atoms with van der Waals surface area (Å²) in [7, 11) is 6.99. The van der Waals surface area contributed by atoms with Crippen LogP contribution in [0.2, 0.25) is 0 Å². The highest BCUT2D eigenvalue weighted by molar-refractivity contribution is 5.72. The van der Waals surface area contributed by atoms with Crippen molar-refractivity contribution in [2.75, 3.05) is 0 Å². The molecular formula is C45H60N20O10. The fourth-order valence-electron chi connectivity index (χ4n) is 7.20. The summed E-state index contributed by atoms with van der Waals surface area (Å²) in [4.78, 5) is 140. The van der Waals surface area contributed by atoms with Crippen LogP contribution in [0.1, 0.15) is 66.1 Å². The van der Waals surface area contributed by atoms with Crippen LogP contribution in [-0.4, -0.2) is 93.4 Å². The first kappa shape index (κ1) is 31.4. The zero-order valence-corrected chi connectivity index (χ0v) is 41.2. The molecule has 0 aliphatic rings. The molecule has 0 saturated heterocycles. The first-order valence-electron chi connectivity index (χ1n) is 32.8. The predicted octanol–water partition coefficient (Wildman–Crippen LogP) is -2.73. The largest absolute Gasteiger partial charge is 0.332 e. The average molecular weight is 1060 g/mol. The van der Waals surface area contributed by atoms with Gasteiger partial charge >= 0.3 is 28.4 Å². The van der Waals surface area contributed by atoms with Gasteiger partial charge in [-0.2, -0.15) is 0 Å². The monoisotopic (exact) mass is 1060 g/mol. The van der Waals surface area contributed by atoms with Crippen molar-refractivity contribution in [1.29, 1.82) is 0 Å².